The van der Waals surface area contributed by atoms with Crippen molar-refractivity contribution >= 4 is 16.6 Å². The molecule has 0 unspecified atom stereocenters. The van der Waals surface area contributed by atoms with Gasteiger partial charge in [0.15, 0.2) is 0 Å². The van der Waals surface area contributed by atoms with Gasteiger partial charge in [-0.1, -0.05) is 53.6 Å². The lowest BCUT2D eigenvalue weighted by molar-refractivity contribution is 0.132. The third-order valence-electron chi connectivity index (χ3n) is 8.76. The summed E-state index contributed by atoms with van der Waals surface area (Å²) in [5.41, 5.74) is 17.3. The molecule has 260 valence electrons. The molecular weight excluding hydrogens is 640 g/mol. The Morgan fingerprint density at radius 3 is 1.80 bits per heavy atom. The molecule has 0 amide bonds. The van der Waals surface area contributed by atoms with E-state index >= 15 is 0 Å². The molecule has 1 heterocycles. The molecule has 0 spiro atoms. The van der Waals surface area contributed by atoms with Crippen molar-refractivity contribution < 1.29 is 23.7 Å². The first-order chi connectivity index (χ1) is 24.7. The maximum Gasteiger partial charge on any atom is 0.130 e. The Morgan fingerprint density at radius 2 is 1.25 bits per heavy atom. The van der Waals surface area contributed by atoms with E-state index in [1.54, 1.807) is 28.4 Å². The monoisotopic (exact) mass is 682 g/mol. The van der Waals surface area contributed by atoms with Crippen molar-refractivity contribution in [3.05, 3.63) is 119 Å². The second kappa shape index (κ2) is 14.8. The van der Waals surface area contributed by atoms with Crippen LogP contribution in [-0.4, -0.2) is 38.6 Å². The minimum absolute atomic E-state index is 0.405. The number of azide groups is 1. The molecule has 0 aliphatic carbocycles. The number of aromatic nitrogens is 1. The second-order valence-electron chi connectivity index (χ2n) is 13.1. The van der Waals surface area contributed by atoms with Crippen LogP contribution in [-0.2, 0) is 13.0 Å². The molecule has 0 aliphatic rings. The van der Waals surface area contributed by atoms with E-state index in [2.05, 4.69) is 45.1 Å². The lowest BCUT2D eigenvalue weighted by Gasteiger charge is -2.24. The van der Waals surface area contributed by atoms with Crippen LogP contribution < -0.4 is 23.7 Å². The van der Waals surface area contributed by atoms with Crippen molar-refractivity contribution in [1.82, 2.24) is 4.57 Å². The molecule has 0 radical (unpaired) electrons. The predicted molar refractivity (Wildman–Crippen MR) is 204 cm³/mol. The molecule has 6 rings (SSSR count). The van der Waals surface area contributed by atoms with E-state index in [1.165, 1.54) is 5.56 Å². The van der Waals surface area contributed by atoms with Crippen molar-refractivity contribution in [2.45, 2.75) is 39.3 Å². The summed E-state index contributed by atoms with van der Waals surface area (Å²) in [5.74, 6) is 3.50. The van der Waals surface area contributed by atoms with Gasteiger partial charge in [0.05, 0.1) is 39.6 Å². The molecule has 0 saturated carbocycles. The standard InChI is InChI=1S/C42H42N4O5/c1-42(2,3)51-36-10-8-9-33(40(36)44-45-43)34-25-37(50-7)38(29-15-21-32(49-6)22-16-29)41-39(34)35(28-13-19-31(48-5)20-14-28)26-46(41)24-23-27-11-17-30(47-4)18-12-27/h8-22,25-26H,23-24H2,1-7H3. The average Bonchev–Trinajstić information content (AvgIpc) is 3.53. The lowest BCUT2D eigenvalue weighted by atomic mass is 9.90. The Labute approximate surface area is 298 Å². The van der Waals surface area contributed by atoms with Crippen LogP contribution >= 0.6 is 0 Å². The van der Waals surface area contributed by atoms with Gasteiger partial charge in [0.2, 0.25) is 0 Å². The molecule has 0 atom stereocenters. The van der Waals surface area contributed by atoms with Gasteiger partial charge in [-0.2, -0.15) is 0 Å². The first kappa shape index (κ1) is 34.8. The fraction of sp³-hybridized carbons (Fsp3) is 0.238. The van der Waals surface area contributed by atoms with Crippen LogP contribution in [0.4, 0.5) is 5.69 Å². The van der Waals surface area contributed by atoms with Crippen molar-refractivity contribution in [2.24, 2.45) is 5.11 Å². The maximum absolute atomic E-state index is 9.80. The van der Waals surface area contributed by atoms with Crippen LogP contribution in [0, 0.1) is 0 Å². The zero-order valence-corrected chi connectivity index (χ0v) is 30.1. The minimum atomic E-state index is -0.525. The number of fused-ring (bicyclic) bond motifs is 1. The van der Waals surface area contributed by atoms with Crippen LogP contribution in [0.25, 0.3) is 54.7 Å². The summed E-state index contributed by atoms with van der Waals surface area (Å²) >= 11 is 0. The van der Waals surface area contributed by atoms with Crippen LogP contribution in [0.15, 0.2) is 108 Å². The molecule has 1 aromatic heterocycles. The number of methoxy groups -OCH3 is 4. The van der Waals surface area contributed by atoms with Crippen LogP contribution in [0.1, 0.15) is 26.3 Å². The normalized spacial score (nSPS) is 11.2. The highest BCUT2D eigenvalue weighted by molar-refractivity contribution is 6.14. The van der Waals surface area contributed by atoms with Gasteiger partial charge >= 0.3 is 0 Å². The molecule has 0 saturated heterocycles. The highest BCUT2D eigenvalue weighted by Crippen LogP contribution is 2.50. The van der Waals surface area contributed by atoms with Crippen LogP contribution in [0.5, 0.6) is 28.7 Å². The van der Waals surface area contributed by atoms with Gasteiger partial charge in [0.25, 0.3) is 0 Å². The number of benzene rings is 5. The van der Waals surface area contributed by atoms with Gasteiger partial charge in [-0.15, -0.1) is 0 Å². The summed E-state index contributed by atoms with van der Waals surface area (Å²) < 4.78 is 31.3. The molecule has 9 heteroatoms. The van der Waals surface area contributed by atoms with E-state index < -0.39 is 5.60 Å². The Balaban J connectivity index is 1.71. The third-order valence-corrected chi connectivity index (χ3v) is 8.76. The average molecular weight is 683 g/mol. The summed E-state index contributed by atoms with van der Waals surface area (Å²) in [6.45, 7) is 6.57. The second-order valence-corrected chi connectivity index (χ2v) is 13.1. The summed E-state index contributed by atoms with van der Waals surface area (Å²) in [5, 5.41) is 5.19. The Hall–Kier alpha value is -6.05. The number of nitrogens with zero attached hydrogens (tertiary/aromatic N) is 4. The molecular formula is C42H42N4O5. The molecule has 0 bridgehead atoms. The van der Waals surface area contributed by atoms with E-state index in [0.717, 1.165) is 68.0 Å². The van der Waals surface area contributed by atoms with Gasteiger partial charge < -0.3 is 28.3 Å². The molecule has 0 N–H and O–H groups in total. The van der Waals surface area contributed by atoms with Crippen molar-refractivity contribution in [1.29, 1.82) is 0 Å². The SMILES string of the molecule is COc1ccc(CCn2cc(-c3ccc(OC)cc3)c3c(-c4cccc(OC(C)(C)C)c4N=[N+]=[N-])cc(OC)c(-c4ccc(OC)cc4)c32)cc1. The third kappa shape index (κ3) is 7.30. The van der Waals surface area contributed by atoms with Crippen molar-refractivity contribution in [3.63, 3.8) is 0 Å². The van der Waals surface area contributed by atoms with Gasteiger partial charge in [0.1, 0.15) is 34.3 Å². The Kier molecular flexibility index (Phi) is 10.1. The first-order valence-corrected chi connectivity index (χ1v) is 16.7. The van der Waals surface area contributed by atoms with Crippen molar-refractivity contribution in [2.75, 3.05) is 28.4 Å². The fourth-order valence-electron chi connectivity index (χ4n) is 6.41. The molecule has 5 aromatic carbocycles. The number of rotatable bonds is 12. The van der Waals surface area contributed by atoms with Crippen molar-refractivity contribution in [3.8, 4) is 62.1 Å². The largest absolute Gasteiger partial charge is 0.497 e. The molecule has 0 fully saturated rings. The number of ether oxygens (including phenoxy) is 5. The summed E-state index contributed by atoms with van der Waals surface area (Å²) in [4.78, 5) is 3.24. The lowest BCUT2D eigenvalue weighted by Crippen LogP contribution is -2.23. The number of hydrogen-bond acceptors (Lipinski definition) is 6. The van der Waals surface area contributed by atoms with E-state index in [4.69, 9.17) is 23.7 Å². The molecule has 9 nitrogen and oxygen atoms in total. The molecule has 51 heavy (non-hydrogen) atoms. The molecule has 6 aromatic rings. The first-order valence-electron chi connectivity index (χ1n) is 16.7. The summed E-state index contributed by atoms with van der Waals surface area (Å²) in [6.07, 6.45) is 2.97. The topological polar surface area (TPSA) is 99.8 Å². The van der Waals surface area contributed by atoms with E-state index in [-0.39, 0.29) is 0 Å². The Morgan fingerprint density at radius 1 is 0.667 bits per heavy atom. The van der Waals surface area contributed by atoms with Gasteiger partial charge in [0, 0.05) is 34.2 Å². The Bertz CT molecular complexity index is 2190. The quantitative estimate of drug-likeness (QED) is 0.0726. The van der Waals surface area contributed by atoms with E-state index in [0.29, 0.717) is 23.7 Å². The fourth-order valence-corrected chi connectivity index (χ4v) is 6.41. The predicted octanol–water partition coefficient (Wildman–Crippen LogP) is 11.0. The van der Waals surface area contributed by atoms with E-state index in [1.807, 2.05) is 93.6 Å². The summed E-state index contributed by atoms with van der Waals surface area (Å²) in [7, 11) is 6.67. The van der Waals surface area contributed by atoms with Crippen LogP contribution in [0.3, 0.4) is 0 Å². The zero-order chi connectivity index (χ0) is 36.1. The number of hydrogen-bond donors (Lipinski definition) is 0. The van der Waals surface area contributed by atoms with Crippen LogP contribution in [0.2, 0.25) is 0 Å². The molecule has 0 aliphatic heterocycles. The van der Waals surface area contributed by atoms with E-state index in [9.17, 15) is 5.53 Å². The van der Waals surface area contributed by atoms with Gasteiger partial charge in [-0.3, -0.25) is 0 Å². The highest BCUT2D eigenvalue weighted by atomic mass is 16.5. The minimum Gasteiger partial charge on any atom is -0.497 e. The zero-order valence-electron chi connectivity index (χ0n) is 30.1. The highest BCUT2D eigenvalue weighted by Gasteiger charge is 2.26. The van der Waals surface area contributed by atoms with Gasteiger partial charge in [-0.25, -0.2) is 0 Å². The van der Waals surface area contributed by atoms with Gasteiger partial charge in [-0.05, 0) is 109 Å². The number of aryl methyl sites for hydroxylation is 2. The smallest absolute Gasteiger partial charge is 0.130 e. The maximum atomic E-state index is 9.80. The summed E-state index contributed by atoms with van der Waals surface area (Å²) in [6, 6.07) is 32.0.